The number of carboxylic acid groups (broad SMARTS) is 1. The van der Waals surface area contributed by atoms with Crippen molar-refractivity contribution >= 4 is 17.3 Å². The quantitative estimate of drug-likeness (QED) is 0.485. The van der Waals surface area contributed by atoms with Crippen LogP contribution < -0.4 is 0 Å². The summed E-state index contributed by atoms with van der Waals surface area (Å²) in [7, 11) is 0. The van der Waals surface area contributed by atoms with Gasteiger partial charge in [0.25, 0.3) is 11.4 Å². The average molecular weight is 252 g/mol. The zero-order valence-corrected chi connectivity index (χ0v) is 9.03. The summed E-state index contributed by atoms with van der Waals surface area (Å²) >= 11 is 0. The Kier molecular flexibility index (Phi) is 3.72. The Bertz CT molecular complexity index is 552. The number of hydrogen-bond acceptors (Lipinski definition) is 5. The van der Waals surface area contributed by atoms with E-state index in [1.54, 1.807) is 0 Å². The first-order valence-corrected chi connectivity index (χ1v) is 4.69. The summed E-state index contributed by atoms with van der Waals surface area (Å²) in [5.41, 5.74) is -2.42. The molecule has 8 nitrogen and oxygen atoms in total. The minimum atomic E-state index is -1.71. The predicted molar refractivity (Wildman–Crippen MR) is 60.6 cm³/mol. The third-order valence-electron chi connectivity index (χ3n) is 2.20. The van der Waals surface area contributed by atoms with Gasteiger partial charge >= 0.3 is 5.97 Å². The molecule has 0 saturated carbocycles. The first kappa shape index (κ1) is 13.3. The first-order chi connectivity index (χ1) is 8.40. The summed E-state index contributed by atoms with van der Waals surface area (Å²) < 4.78 is 0. The molecule has 0 atom stereocenters. The largest absolute Gasteiger partial charge is 0.477 e. The van der Waals surface area contributed by atoms with E-state index in [1.165, 1.54) is 6.08 Å². The maximum atomic E-state index is 11.0. The summed E-state index contributed by atoms with van der Waals surface area (Å²) in [5.74, 6) is -1.71. The van der Waals surface area contributed by atoms with Crippen LogP contribution in [0.4, 0.5) is 11.4 Å². The molecule has 1 aromatic carbocycles. The van der Waals surface area contributed by atoms with Crippen LogP contribution in [0.1, 0.15) is 15.9 Å². The lowest BCUT2D eigenvalue weighted by atomic mass is 10.0. The van der Waals surface area contributed by atoms with Crippen molar-refractivity contribution in [3.8, 4) is 0 Å². The van der Waals surface area contributed by atoms with Crippen molar-refractivity contribution in [3.63, 3.8) is 0 Å². The zero-order valence-electron chi connectivity index (χ0n) is 9.03. The van der Waals surface area contributed by atoms with E-state index in [9.17, 15) is 25.0 Å². The Morgan fingerprint density at radius 2 is 1.94 bits per heavy atom. The molecule has 0 spiro atoms. The topological polar surface area (TPSA) is 124 Å². The number of carboxylic acids is 1. The number of nitrogens with zero attached hydrogens (tertiary/aromatic N) is 2. The van der Waals surface area contributed by atoms with Crippen molar-refractivity contribution in [1.82, 2.24) is 0 Å². The summed E-state index contributed by atoms with van der Waals surface area (Å²) in [4.78, 5) is 30.6. The van der Waals surface area contributed by atoms with E-state index in [0.29, 0.717) is 0 Å². The van der Waals surface area contributed by atoms with Gasteiger partial charge in [-0.3, -0.25) is 20.2 Å². The van der Waals surface area contributed by atoms with E-state index in [-0.39, 0.29) is 12.0 Å². The number of nitro groups is 2. The molecular weight excluding hydrogens is 244 g/mol. The smallest absolute Gasteiger partial charge is 0.349 e. The van der Waals surface area contributed by atoms with Crippen molar-refractivity contribution in [2.24, 2.45) is 0 Å². The second-order valence-electron chi connectivity index (χ2n) is 3.28. The lowest BCUT2D eigenvalue weighted by Crippen LogP contribution is -2.09. The number of carbonyl (C=O) groups is 1. The number of rotatable bonds is 5. The fraction of sp³-hybridized carbons (Fsp3) is 0.100. The Morgan fingerprint density at radius 1 is 1.33 bits per heavy atom. The number of benzene rings is 1. The Balaban J connectivity index is 3.70. The molecule has 0 bridgehead atoms. The highest BCUT2D eigenvalue weighted by molar-refractivity contribution is 5.97. The van der Waals surface area contributed by atoms with Gasteiger partial charge in [-0.2, -0.15) is 0 Å². The van der Waals surface area contributed by atoms with Crippen LogP contribution in [0.25, 0.3) is 0 Å². The maximum Gasteiger partial charge on any atom is 0.349 e. The van der Waals surface area contributed by atoms with Gasteiger partial charge in [0.2, 0.25) is 5.56 Å². The first-order valence-electron chi connectivity index (χ1n) is 4.69. The number of aromatic carboxylic acids is 1. The molecule has 18 heavy (non-hydrogen) atoms. The molecule has 0 aliphatic rings. The van der Waals surface area contributed by atoms with E-state index < -0.39 is 32.8 Å². The van der Waals surface area contributed by atoms with Crippen molar-refractivity contribution < 1.29 is 19.7 Å². The minimum Gasteiger partial charge on any atom is -0.477 e. The molecule has 0 unspecified atom stereocenters. The summed E-state index contributed by atoms with van der Waals surface area (Å²) in [6.07, 6.45) is 1.40. The standard InChI is InChI=1S/C10H8N2O6/c1-2-3-6-4-5-7(11(15)16)8(10(13)14)9(6)12(17)18/h2,4-5H,1,3H2,(H,13,14). The van der Waals surface area contributed by atoms with Gasteiger partial charge in [-0.15, -0.1) is 6.58 Å². The van der Waals surface area contributed by atoms with Crippen molar-refractivity contribution in [3.05, 3.63) is 56.1 Å². The molecule has 0 aliphatic heterocycles. The van der Waals surface area contributed by atoms with Crippen molar-refractivity contribution in [2.75, 3.05) is 0 Å². The Hall–Kier alpha value is -2.77. The highest BCUT2D eigenvalue weighted by Gasteiger charge is 2.33. The van der Waals surface area contributed by atoms with E-state index in [2.05, 4.69) is 6.58 Å². The maximum absolute atomic E-state index is 11.0. The monoisotopic (exact) mass is 252 g/mol. The van der Waals surface area contributed by atoms with Gasteiger partial charge in [0.05, 0.1) is 9.85 Å². The third kappa shape index (κ3) is 2.32. The van der Waals surface area contributed by atoms with Crippen LogP contribution in [0, 0.1) is 20.2 Å². The molecule has 0 saturated heterocycles. The van der Waals surface area contributed by atoms with E-state index in [0.717, 1.165) is 12.1 Å². The predicted octanol–water partition coefficient (Wildman–Crippen LogP) is 1.93. The van der Waals surface area contributed by atoms with Crippen LogP contribution in [0.2, 0.25) is 0 Å². The molecule has 0 amide bonds. The number of nitro benzene ring substituents is 2. The minimum absolute atomic E-state index is 0.0502. The normalized spacial score (nSPS) is 9.78. The van der Waals surface area contributed by atoms with Gasteiger partial charge in [0, 0.05) is 11.6 Å². The van der Waals surface area contributed by atoms with Gasteiger partial charge in [-0.05, 0) is 12.5 Å². The number of hydrogen-bond donors (Lipinski definition) is 1. The summed E-state index contributed by atoms with van der Waals surface area (Å²) in [5, 5.41) is 30.5. The molecule has 94 valence electrons. The Morgan fingerprint density at radius 3 is 2.33 bits per heavy atom. The molecule has 0 aromatic heterocycles. The van der Waals surface area contributed by atoms with Gasteiger partial charge in [0.1, 0.15) is 0 Å². The molecule has 0 fully saturated rings. The van der Waals surface area contributed by atoms with E-state index >= 15 is 0 Å². The van der Waals surface area contributed by atoms with Gasteiger partial charge in [-0.1, -0.05) is 6.08 Å². The van der Waals surface area contributed by atoms with Crippen LogP contribution in [-0.4, -0.2) is 20.9 Å². The van der Waals surface area contributed by atoms with Crippen LogP contribution in [0.15, 0.2) is 24.8 Å². The van der Waals surface area contributed by atoms with Gasteiger partial charge in [-0.25, -0.2) is 4.79 Å². The van der Waals surface area contributed by atoms with Crippen LogP contribution in [0.3, 0.4) is 0 Å². The molecule has 1 aromatic rings. The lowest BCUT2D eigenvalue weighted by Gasteiger charge is -2.04. The van der Waals surface area contributed by atoms with Crippen LogP contribution in [0.5, 0.6) is 0 Å². The van der Waals surface area contributed by atoms with Crippen molar-refractivity contribution in [1.29, 1.82) is 0 Å². The van der Waals surface area contributed by atoms with Crippen LogP contribution in [-0.2, 0) is 6.42 Å². The van der Waals surface area contributed by atoms with Gasteiger partial charge in [0.15, 0.2) is 0 Å². The molecule has 1 N–H and O–H groups in total. The molecule has 8 heteroatoms. The molecule has 0 aliphatic carbocycles. The lowest BCUT2D eigenvalue weighted by molar-refractivity contribution is -0.395. The zero-order chi connectivity index (χ0) is 13.9. The molecular formula is C10H8N2O6. The summed E-state index contributed by atoms with van der Waals surface area (Å²) in [6, 6.07) is 2.10. The fourth-order valence-electron chi connectivity index (χ4n) is 1.52. The second kappa shape index (κ2) is 5.04. The highest BCUT2D eigenvalue weighted by atomic mass is 16.6. The molecule has 0 radical (unpaired) electrons. The van der Waals surface area contributed by atoms with E-state index in [4.69, 9.17) is 5.11 Å². The van der Waals surface area contributed by atoms with E-state index in [1.807, 2.05) is 0 Å². The fourth-order valence-corrected chi connectivity index (χ4v) is 1.52. The number of allylic oxidation sites excluding steroid dienone is 1. The van der Waals surface area contributed by atoms with Crippen LogP contribution >= 0.6 is 0 Å². The van der Waals surface area contributed by atoms with Gasteiger partial charge < -0.3 is 5.11 Å². The second-order valence-corrected chi connectivity index (χ2v) is 3.28. The average Bonchev–Trinajstić information content (AvgIpc) is 2.27. The Labute approximate surface area is 100 Å². The SMILES string of the molecule is C=CCc1ccc([N+](=O)[O-])c(C(=O)O)c1[N+](=O)[O-]. The summed E-state index contributed by atoms with van der Waals surface area (Å²) in [6.45, 7) is 3.38. The molecule has 1 rings (SSSR count). The molecule has 0 heterocycles. The highest BCUT2D eigenvalue weighted by Crippen LogP contribution is 2.32. The van der Waals surface area contributed by atoms with Crippen molar-refractivity contribution in [2.45, 2.75) is 6.42 Å². The third-order valence-corrected chi connectivity index (χ3v) is 2.20.